The van der Waals surface area contributed by atoms with Gasteiger partial charge in [0.15, 0.2) is 12.4 Å². The van der Waals surface area contributed by atoms with Gasteiger partial charge in [-0.15, -0.1) is 0 Å². The molecule has 0 amide bonds. The lowest BCUT2D eigenvalue weighted by Crippen LogP contribution is -2.57. The Labute approximate surface area is 158 Å². The molecule has 0 aliphatic carbocycles. The summed E-state index contributed by atoms with van der Waals surface area (Å²) in [5, 5.41) is 59.8. The SMILES string of the molecule is O=[N+]([O-])c1ccc(O[C@@H]2OC[C@@H](O)[C@H](O)[C@H]2O[C@@H]2O[C@H](CO)[C@H](O)[C@H]2O)cc1. The van der Waals surface area contributed by atoms with Crippen LogP contribution in [0, 0.1) is 10.1 Å². The van der Waals surface area contributed by atoms with Crippen molar-refractivity contribution in [1.82, 2.24) is 0 Å². The zero-order valence-electron chi connectivity index (χ0n) is 14.5. The molecule has 0 spiro atoms. The quantitative estimate of drug-likeness (QED) is 0.259. The average Bonchev–Trinajstić information content (AvgIpc) is 2.95. The minimum Gasteiger partial charge on any atom is -0.462 e. The van der Waals surface area contributed by atoms with Gasteiger partial charge in [0.05, 0.1) is 18.1 Å². The van der Waals surface area contributed by atoms with Crippen LogP contribution in [0.5, 0.6) is 5.75 Å². The van der Waals surface area contributed by atoms with E-state index in [0.717, 1.165) is 0 Å². The Morgan fingerprint density at radius 1 is 1.07 bits per heavy atom. The van der Waals surface area contributed by atoms with Gasteiger partial charge in [-0.2, -0.15) is 0 Å². The number of benzene rings is 1. The molecule has 0 radical (unpaired) electrons. The zero-order chi connectivity index (χ0) is 20.4. The Balaban J connectivity index is 1.72. The summed E-state index contributed by atoms with van der Waals surface area (Å²) in [7, 11) is 0. The molecule has 12 nitrogen and oxygen atoms in total. The molecular weight excluding hydrogens is 382 g/mol. The van der Waals surface area contributed by atoms with E-state index < -0.39 is 60.7 Å². The van der Waals surface area contributed by atoms with E-state index in [1.807, 2.05) is 0 Å². The molecule has 0 unspecified atom stereocenters. The highest BCUT2D eigenvalue weighted by Gasteiger charge is 2.49. The summed E-state index contributed by atoms with van der Waals surface area (Å²) < 4.78 is 21.6. The fourth-order valence-electron chi connectivity index (χ4n) is 2.93. The van der Waals surface area contributed by atoms with Gasteiger partial charge >= 0.3 is 0 Å². The van der Waals surface area contributed by atoms with E-state index in [1.165, 1.54) is 24.3 Å². The van der Waals surface area contributed by atoms with Crippen LogP contribution in [0.4, 0.5) is 5.69 Å². The second kappa shape index (κ2) is 8.63. The predicted octanol–water partition coefficient (Wildman–Crippen LogP) is -2.12. The molecule has 28 heavy (non-hydrogen) atoms. The third-order valence-electron chi connectivity index (χ3n) is 4.52. The molecule has 1 aromatic rings. The third kappa shape index (κ3) is 4.24. The highest BCUT2D eigenvalue weighted by Crippen LogP contribution is 2.29. The van der Waals surface area contributed by atoms with Crippen LogP contribution in [0.3, 0.4) is 0 Å². The Morgan fingerprint density at radius 3 is 2.32 bits per heavy atom. The molecular formula is C16H21NO11. The largest absolute Gasteiger partial charge is 0.462 e. The van der Waals surface area contributed by atoms with Gasteiger partial charge in [0, 0.05) is 12.1 Å². The minimum absolute atomic E-state index is 0.147. The molecule has 1 aromatic carbocycles. The molecule has 0 saturated carbocycles. The number of nitro groups is 1. The van der Waals surface area contributed by atoms with Crippen LogP contribution >= 0.6 is 0 Å². The topological polar surface area (TPSA) is 181 Å². The number of aliphatic hydroxyl groups is 5. The van der Waals surface area contributed by atoms with Gasteiger partial charge in [-0.05, 0) is 12.1 Å². The number of aliphatic hydroxyl groups excluding tert-OH is 5. The molecule has 2 saturated heterocycles. The van der Waals surface area contributed by atoms with Crippen LogP contribution in [0.2, 0.25) is 0 Å². The molecule has 156 valence electrons. The van der Waals surface area contributed by atoms with Gasteiger partial charge in [0.2, 0.25) is 6.29 Å². The van der Waals surface area contributed by atoms with Crippen molar-refractivity contribution in [2.24, 2.45) is 0 Å². The van der Waals surface area contributed by atoms with Crippen molar-refractivity contribution in [1.29, 1.82) is 0 Å². The zero-order valence-corrected chi connectivity index (χ0v) is 14.5. The summed E-state index contributed by atoms with van der Waals surface area (Å²) >= 11 is 0. The van der Waals surface area contributed by atoms with Crippen LogP contribution in [-0.2, 0) is 14.2 Å². The Kier molecular flexibility index (Phi) is 6.42. The summed E-state index contributed by atoms with van der Waals surface area (Å²) in [6, 6.07) is 5.07. The van der Waals surface area contributed by atoms with E-state index in [1.54, 1.807) is 0 Å². The van der Waals surface area contributed by atoms with Crippen LogP contribution in [0.15, 0.2) is 24.3 Å². The second-order valence-corrected chi connectivity index (χ2v) is 6.44. The average molecular weight is 403 g/mol. The van der Waals surface area contributed by atoms with Gasteiger partial charge in [-0.25, -0.2) is 0 Å². The fraction of sp³-hybridized carbons (Fsp3) is 0.625. The number of hydrogen-bond acceptors (Lipinski definition) is 11. The fourth-order valence-corrected chi connectivity index (χ4v) is 2.93. The van der Waals surface area contributed by atoms with E-state index in [0.29, 0.717) is 0 Å². The van der Waals surface area contributed by atoms with Crippen molar-refractivity contribution < 1.29 is 49.4 Å². The van der Waals surface area contributed by atoms with E-state index in [-0.39, 0.29) is 18.0 Å². The van der Waals surface area contributed by atoms with Crippen LogP contribution in [-0.4, -0.2) is 92.9 Å². The summed E-state index contributed by atoms with van der Waals surface area (Å²) in [5.74, 6) is 0.175. The van der Waals surface area contributed by atoms with Crippen LogP contribution in [0.1, 0.15) is 0 Å². The number of hydrogen-bond donors (Lipinski definition) is 5. The molecule has 3 rings (SSSR count). The maximum Gasteiger partial charge on any atom is 0.269 e. The highest BCUT2D eigenvalue weighted by molar-refractivity contribution is 5.36. The van der Waals surface area contributed by atoms with Crippen molar-refractivity contribution in [2.45, 2.75) is 49.2 Å². The second-order valence-electron chi connectivity index (χ2n) is 6.44. The van der Waals surface area contributed by atoms with Crippen molar-refractivity contribution >= 4 is 5.69 Å². The first-order valence-corrected chi connectivity index (χ1v) is 8.48. The van der Waals surface area contributed by atoms with Crippen LogP contribution < -0.4 is 4.74 Å². The molecule has 12 heteroatoms. The maximum atomic E-state index is 10.7. The van der Waals surface area contributed by atoms with Gasteiger partial charge in [0.25, 0.3) is 5.69 Å². The molecule has 0 aromatic heterocycles. The molecule has 2 fully saturated rings. The van der Waals surface area contributed by atoms with Crippen molar-refractivity contribution in [3.05, 3.63) is 34.4 Å². The third-order valence-corrected chi connectivity index (χ3v) is 4.52. The van der Waals surface area contributed by atoms with Gasteiger partial charge in [-0.1, -0.05) is 0 Å². The van der Waals surface area contributed by atoms with Crippen molar-refractivity contribution in [3.63, 3.8) is 0 Å². The smallest absolute Gasteiger partial charge is 0.269 e. The maximum absolute atomic E-state index is 10.7. The first kappa shape index (κ1) is 20.8. The first-order valence-electron chi connectivity index (χ1n) is 8.48. The Bertz CT molecular complexity index is 671. The standard InChI is InChI=1S/C16H21NO11/c18-5-10-12(21)13(22)15(27-10)28-14-11(20)9(19)6-25-16(14)26-8-3-1-7(2-4-8)17(23)24/h1-4,9-16,18-22H,5-6H2/t9-,10-,11+,12+,13-,14-,15+,16+/m1/s1. The molecule has 2 heterocycles. The number of nitro benzene ring substituents is 1. The lowest BCUT2D eigenvalue weighted by molar-refractivity contribution is -0.384. The van der Waals surface area contributed by atoms with E-state index in [2.05, 4.69) is 0 Å². The molecule has 2 aliphatic heterocycles. The number of ether oxygens (including phenoxy) is 4. The lowest BCUT2D eigenvalue weighted by atomic mass is 10.0. The number of non-ortho nitro benzene ring substituents is 1. The Morgan fingerprint density at radius 2 is 1.75 bits per heavy atom. The first-order chi connectivity index (χ1) is 13.3. The van der Waals surface area contributed by atoms with Crippen molar-refractivity contribution in [2.75, 3.05) is 13.2 Å². The molecule has 8 atom stereocenters. The van der Waals surface area contributed by atoms with Gasteiger partial charge < -0.3 is 44.5 Å². The highest BCUT2D eigenvalue weighted by atomic mass is 16.8. The normalized spacial score (nSPS) is 38.3. The number of nitrogens with zero attached hydrogens (tertiary/aromatic N) is 1. The predicted molar refractivity (Wildman–Crippen MR) is 88.1 cm³/mol. The van der Waals surface area contributed by atoms with E-state index in [9.17, 15) is 30.5 Å². The van der Waals surface area contributed by atoms with Crippen molar-refractivity contribution in [3.8, 4) is 5.75 Å². The van der Waals surface area contributed by atoms with E-state index in [4.69, 9.17) is 24.1 Å². The minimum atomic E-state index is -1.51. The van der Waals surface area contributed by atoms with Crippen LogP contribution in [0.25, 0.3) is 0 Å². The molecule has 2 aliphatic rings. The van der Waals surface area contributed by atoms with E-state index >= 15 is 0 Å². The monoisotopic (exact) mass is 403 g/mol. The summed E-state index contributed by atoms with van der Waals surface area (Å²) in [5.41, 5.74) is -0.147. The summed E-state index contributed by atoms with van der Waals surface area (Å²) in [4.78, 5) is 10.1. The van der Waals surface area contributed by atoms with Gasteiger partial charge in [0.1, 0.15) is 36.3 Å². The van der Waals surface area contributed by atoms with Gasteiger partial charge in [-0.3, -0.25) is 10.1 Å². The summed E-state index contributed by atoms with van der Waals surface area (Å²) in [6.07, 6.45) is -10.8. The molecule has 5 N–H and O–H groups in total. The molecule has 0 bridgehead atoms. The lowest BCUT2D eigenvalue weighted by Gasteiger charge is -2.39. The summed E-state index contributed by atoms with van der Waals surface area (Å²) in [6.45, 7) is -0.832. The number of rotatable bonds is 6. The Hall–Kier alpha value is -1.90.